The SMILES string of the molecule is Cl.OC(c1ncccn1)C1CNCCO1. The fraction of sp³-hybridized carbons (Fsp3) is 0.556. The minimum absolute atomic E-state index is 0. The smallest absolute Gasteiger partial charge is 0.159 e. The molecule has 2 heterocycles. The number of nitrogens with one attached hydrogen (secondary N) is 1. The second-order valence-electron chi connectivity index (χ2n) is 3.17. The van der Waals surface area contributed by atoms with Gasteiger partial charge in [0.1, 0.15) is 12.2 Å². The lowest BCUT2D eigenvalue weighted by Gasteiger charge is -2.26. The number of aromatic nitrogens is 2. The number of aliphatic hydroxyl groups excluding tert-OH is 1. The molecule has 2 atom stereocenters. The first-order valence-electron chi connectivity index (χ1n) is 4.65. The molecular formula is C9H14ClN3O2. The van der Waals surface area contributed by atoms with Crippen molar-refractivity contribution in [2.24, 2.45) is 0 Å². The van der Waals surface area contributed by atoms with Gasteiger partial charge in [-0.25, -0.2) is 9.97 Å². The van der Waals surface area contributed by atoms with E-state index in [1.54, 1.807) is 18.5 Å². The van der Waals surface area contributed by atoms with E-state index in [2.05, 4.69) is 15.3 Å². The number of halogens is 1. The zero-order valence-electron chi connectivity index (χ0n) is 8.17. The largest absolute Gasteiger partial charge is 0.382 e. The Bertz CT molecular complexity index is 280. The molecule has 2 unspecified atom stereocenters. The minimum atomic E-state index is -0.746. The topological polar surface area (TPSA) is 67.3 Å². The van der Waals surface area contributed by atoms with Crippen LogP contribution in [0.1, 0.15) is 11.9 Å². The summed E-state index contributed by atoms with van der Waals surface area (Å²) in [6, 6.07) is 1.72. The molecule has 0 amide bonds. The van der Waals surface area contributed by atoms with E-state index >= 15 is 0 Å². The van der Waals surface area contributed by atoms with Crippen LogP contribution in [0.3, 0.4) is 0 Å². The van der Waals surface area contributed by atoms with Crippen molar-refractivity contribution >= 4 is 12.4 Å². The number of ether oxygens (including phenoxy) is 1. The summed E-state index contributed by atoms with van der Waals surface area (Å²) in [6.07, 6.45) is 2.24. The van der Waals surface area contributed by atoms with Gasteiger partial charge in [-0.05, 0) is 6.07 Å². The van der Waals surface area contributed by atoms with Crippen molar-refractivity contribution in [3.05, 3.63) is 24.3 Å². The van der Waals surface area contributed by atoms with E-state index in [-0.39, 0.29) is 18.5 Å². The van der Waals surface area contributed by atoms with Gasteiger partial charge in [-0.15, -0.1) is 12.4 Å². The molecule has 2 N–H and O–H groups in total. The van der Waals surface area contributed by atoms with E-state index in [1.165, 1.54) is 0 Å². The Morgan fingerprint density at radius 3 is 2.80 bits per heavy atom. The van der Waals surface area contributed by atoms with Crippen LogP contribution in [0.5, 0.6) is 0 Å². The number of hydrogen-bond donors (Lipinski definition) is 2. The highest BCUT2D eigenvalue weighted by atomic mass is 35.5. The normalized spacial score (nSPS) is 22.9. The molecule has 1 aliphatic heterocycles. The molecular weight excluding hydrogens is 218 g/mol. The maximum absolute atomic E-state index is 9.86. The molecule has 2 rings (SSSR count). The number of rotatable bonds is 2. The van der Waals surface area contributed by atoms with Gasteiger partial charge in [-0.3, -0.25) is 0 Å². The van der Waals surface area contributed by atoms with Gasteiger partial charge in [0.25, 0.3) is 0 Å². The molecule has 0 radical (unpaired) electrons. The summed E-state index contributed by atoms with van der Waals surface area (Å²) in [4.78, 5) is 7.97. The van der Waals surface area contributed by atoms with Crippen LogP contribution in [0.25, 0.3) is 0 Å². The van der Waals surface area contributed by atoms with Crippen LogP contribution in [0.2, 0.25) is 0 Å². The van der Waals surface area contributed by atoms with E-state index < -0.39 is 6.10 Å². The average Bonchev–Trinajstić information content (AvgIpc) is 2.30. The van der Waals surface area contributed by atoms with Gasteiger partial charge in [0.15, 0.2) is 5.82 Å². The summed E-state index contributed by atoms with van der Waals surface area (Å²) in [7, 11) is 0. The van der Waals surface area contributed by atoms with Gasteiger partial charge in [-0.1, -0.05) is 0 Å². The zero-order valence-corrected chi connectivity index (χ0v) is 8.98. The third kappa shape index (κ3) is 3.10. The highest BCUT2D eigenvalue weighted by molar-refractivity contribution is 5.85. The van der Waals surface area contributed by atoms with Gasteiger partial charge in [0, 0.05) is 25.5 Å². The Morgan fingerprint density at radius 1 is 1.47 bits per heavy atom. The van der Waals surface area contributed by atoms with E-state index in [0.29, 0.717) is 19.0 Å². The second-order valence-corrected chi connectivity index (χ2v) is 3.17. The first-order valence-corrected chi connectivity index (χ1v) is 4.65. The van der Waals surface area contributed by atoms with Crippen LogP contribution in [-0.4, -0.2) is 40.9 Å². The third-order valence-electron chi connectivity index (χ3n) is 2.16. The average molecular weight is 232 g/mol. The highest BCUT2D eigenvalue weighted by Crippen LogP contribution is 2.15. The molecule has 1 aromatic heterocycles. The Kier molecular flexibility index (Phi) is 4.90. The molecule has 5 nitrogen and oxygen atoms in total. The van der Waals surface area contributed by atoms with Crippen LogP contribution >= 0.6 is 12.4 Å². The molecule has 0 bridgehead atoms. The maximum Gasteiger partial charge on any atom is 0.159 e. The van der Waals surface area contributed by atoms with E-state index in [4.69, 9.17) is 4.74 Å². The Morgan fingerprint density at radius 2 is 2.20 bits per heavy atom. The molecule has 1 aliphatic rings. The van der Waals surface area contributed by atoms with Gasteiger partial charge in [0.05, 0.1) is 6.61 Å². The van der Waals surface area contributed by atoms with Crippen LogP contribution in [0.15, 0.2) is 18.5 Å². The minimum Gasteiger partial charge on any atom is -0.382 e. The summed E-state index contributed by atoms with van der Waals surface area (Å²) >= 11 is 0. The van der Waals surface area contributed by atoms with Crippen LogP contribution in [0, 0.1) is 0 Å². The van der Waals surface area contributed by atoms with E-state index in [1.807, 2.05) is 0 Å². The predicted octanol–water partition coefficient (Wildman–Crippen LogP) is -0.0798. The summed E-state index contributed by atoms with van der Waals surface area (Å²) in [5.41, 5.74) is 0. The van der Waals surface area contributed by atoms with Gasteiger partial charge in [-0.2, -0.15) is 0 Å². The lowest BCUT2D eigenvalue weighted by molar-refractivity contribution is -0.0568. The third-order valence-corrected chi connectivity index (χ3v) is 2.16. The summed E-state index contributed by atoms with van der Waals surface area (Å²) in [5, 5.41) is 13.0. The molecule has 1 aromatic rings. The van der Waals surface area contributed by atoms with E-state index in [9.17, 15) is 5.11 Å². The van der Waals surface area contributed by atoms with Gasteiger partial charge >= 0.3 is 0 Å². The maximum atomic E-state index is 9.86. The Hall–Kier alpha value is -0.750. The Balaban J connectivity index is 0.00000112. The number of aliphatic hydroxyl groups is 1. The molecule has 0 spiro atoms. The second kappa shape index (κ2) is 5.97. The van der Waals surface area contributed by atoms with Crippen molar-refractivity contribution < 1.29 is 9.84 Å². The number of hydrogen-bond acceptors (Lipinski definition) is 5. The van der Waals surface area contributed by atoms with E-state index in [0.717, 1.165) is 6.54 Å². The van der Waals surface area contributed by atoms with Gasteiger partial charge < -0.3 is 15.2 Å². The monoisotopic (exact) mass is 231 g/mol. The molecule has 1 fully saturated rings. The number of nitrogens with zero attached hydrogens (tertiary/aromatic N) is 2. The molecule has 0 aliphatic carbocycles. The first-order chi connectivity index (χ1) is 6.88. The number of morpholine rings is 1. The van der Waals surface area contributed by atoms with Crippen molar-refractivity contribution in [3.63, 3.8) is 0 Å². The molecule has 0 aromatic carbocycles. The first kappa shape index (κ1) is 12.3. The summed E-state index contributed by atoms with van der Waals surface area (Å²) < 4.78 is 5.40. The fourth-order valence-electron chi connectivity index (χ4n) is 1.42. The molecule has 1 saturated heterocycles. The Labute approximate surface area is 94.3 Å². The van der Waals surface area contributed by atoms with Crippen LogP contribution in [0.4, 0.5) is 0 Å². The molecule has 0 saturated carbocycles. The summed E-state index contributed by atoms with van der Waals surface area (Å²) in [6.45, 7) is 2.09. The lowest BCUT2D eigenvalue weighted by Crippen LogP contribution is -2.42. The fourth-order valence-corrected chi connectivity index (χ4v) is 1.42. The van der Waals surface area contributed by atoms with Crippen molar-refractivity contribution in [2.45, 2.75) is 12.2 Å². The highest BCUT2D eigenvalue weighted by Gasteiger charge is 2.25. The standard InChI is InChI=1S/C9H13N3O2.ClH/c13-8(7-6-10-4-5-14-7)9-11-2-1-3-12-9;/h1-3,7-8,10,13H,4-6H2;1H. The predicted molar refractivity (Wildman–Crippen MR) is 56.8 cm³/mol. The quantitative estimate of drug-likeness (QED) is 0.745. The van der Waals surface area contributed by atoms with Crippen molar-refractivity contribution in [2.75, 3.05) is 19.7 Å². The van der Waals surface area contributed by atoms with Crippen molar-refractivity contribution in [3.8, 4) is 0 Å². The zero-order chi connectivity index (χ0) is 9.80. The van der Waals surface area contributed by atoms with Crippen LogP contribution in [-0.2, 0) is 4.74 Å². The van der Waals surface area contributed by atoms with Crippen molar-refractivity contribution in [1.29, 1.82) is 0 Å². The summed E-state index contributed by atoms with van der Waals surface area (Å²) in [5.74, 6) is 0.418. The van der Waals surface area contributed by atoms with Crippen LogP contribution < -0.4 is 5.32 Å². The molecule has 6 heteroatoms. The van der Waals surface area contributed by atoms with Gasteiger partial charge in [0.2, 0.25) is 0 Å². The molecule has 84 valence electrons. The van der Waals surface area contributed by atoms with Crippen molar-refractivity contribution in [1.82, 2.24) is 15.3 Å². The molecule has 15 heavy (non-hydrogen) atoms. The lowest BCUT2D eigenvalue weighted by atomic mass is 10.1.